The topological polar surface area (TPSA) is 93.8 Å². The molecule has 0 bridgehead atoms. The smallest absolute Gasteiger partial charge is 0.495 e. The minimum absolute atomic E-state index is 0.118. The number of carboxylic acid groups (broad SMARTS) is 1. The summed E-state index contributed by atoms with van der Waals surface area (Å²) in [5, 5.41) is 9.67. The van der Waals surface area contributed by atoms with Crippen molar-refractivity contribution >= 4 is 23.6 Å². The number of benzene rings is 2. The van der Waals surface area contributed by atoms with Crippen LogP contribution in [0.1, 0.15) is 47.5 Å². The normalized spacial score (nSPS) is 18.3. The summed E-state index contributed by atoms with van der Waals surface area (Å²) >= 11 is 1.19. The molecule has 4 rings (SSSR count). The van der Waals surface area contributed by atoms with Gasteiger partial charge in [0.25, 0.3) is 0 Å². The average molecular weight is 509 g/mol. The number of halogens is 3. The fraction of sp³-hybridized carbons (Fsp3) is 0.333. The molecule has 0 radical (unpaired) electrons. The Morgan fingerprint density at radius 2 is 1.86 bits per heavy atom. The quantitative estimate of drug-likeness (QED) is 0.324. The van der Waals surface area contributed by atoms with Crippen molar-refractivity contribution in [2.75, 3.05) is 11.8 Å². The first kappa shape index (κ1) is 24.9. The van der Waals surface area contributed by atoms with Crippen LogP contribution in [0.3, 0.4) is 0 Å². The van der Waals surface area contributed by atoms with E-state index in [9.17, 15) is 18.0 Å². The van der Waals surface area contributed by atoms with Crippen LogP contribution in [-0.4, -0.2) is 35.6 Å². The van der Waals surface area contributed by atoms with E-state index in [1.54, 1.807) is 6.07 Å². The number of anilines is 1. The Kier molecular flexibility index (Phi) is 7.56. The number of methoxy groups -OCH3 is 1. The predicted molar refractivity (Wildman–Crippen MR) is 124 cm³/mol. The van der Waals surface area contributed by atoms with Gasteiger partial charge in [0.05, 0.1) is 24.5 Å². The first-order valence-corrected chi connectivity index (χ1v) is 11.7. The molecule has 0 spiro atoms. The van der Waals surface area contributed by atoms with E-state index in [0.29, 0.717) is 48.0 Å². The lowest BCUT2D eigenvalue weighted by atomic mass is 9.82. The van der Waals surface area contributed by atoms with E-state index in [4.69, 9.17) is 14.3 Å². The monoisotopic (exact) mass is 508 g/mol. The zero-order valence-electron chi connectivity index (χ0n) is 18.7. The molecule has 0 unspecified atom stereocenters. The van der Waals surface area contributed by atoms with Crippen molar-refractivity contribution in [3.63, 3.8) is 0 Å². The van der Waals surface area contributed by atoms with E-state index in [-0.39, 0.29) is 11.5 Å². The maximum atomic E-state index is 12.4. The fourth-order valence-corrected chi connectivity index (χ4v) is 4.66. The first-order valence-electron chi connectivity index (χ1n) is 10.9. The molecule has 1 heterocycles. The Balaban J connectivity index is 1.34. The molecule has 1 saturated carbocycles. The molecule has 2 N–H and O–H groups in total. The number of oxazole rings is 1. The Hall–Kier alpha value is -3.18. The molecule has 1 fully saturated rings. The van der Waals surface area contributed by atoms with Crippen LogP contribution in [0, 0.1) is 0 Å². The number of carboxylic acids is 1. The van der Waals surface area contributed by atoms with Gasteiger partial charge in [0.2, 0.25) is 5.89 Å². The number of nitrogens with zero attached hydrogens (tertiary/aromatic N) is 1. The first-order chi connectivity index (χ1) is 16.7. The maximum absolute atomic E-state index is 12.4. The Labute approximate surface area is 203 Å². The Morgan fingerprint density at radius 1 is 1.14 bits per heavy atom. The summed E-state index contributed by atoms with van der Waals surface area (Å²) < 4.78 is 55.3. The van der Waals surface area contributed by atoms with Crippen molar-refractivity contribution in [3.8, 4) is 17.2 Å². The summed E-state index contributed by atoms with van der Waals surface area (Å²) in [4.78, 5) is 15.6. The number of carbonyl (C=O) groups is 1. The average Bonchev–Trinajstić information content (AvgIpc) is 3.31. The summed E-state index contributed by atoms with van der Waals surface area (Å²) in [6, 6.07) is 12.2. The highest BCUT2D eigenvalue weighted by Gasteiger charge is 2.35. The van der Waals surface area contributed by atoms with Crippen LogP contribution in [0.5, 0.6) is 5.75 Å². The second-order valence-corrected chi connectivity index (χ2v) is 8.90. The molecule has 0 atom stereocenters. The number of alkyl halides is 3. The van der Waals surface area contributed by atoms with Gasteiger partial charge in [-0.1, -0.05) is 12.1 Å². The largest absolute Gasteiger partial charge is 0.522 e. The predicted octanol–water partition coefficient (Wildman–Crippen LogP) is 6.73. The van der Waals surface area contributed by atoms with E-state index >= 15 is 0 Å². The SMILES string of the molecule is COc1cc(C(=O)O)ccc1NSc1coc(-c2ccc(C3CCC(OC(F)(F)F)CC3)cc2)n1. The van der Waals surface area contributed by atoms with E-state index in [2.05, 4.69) is 14.4 Å². The lowest BCUT2D eigenvalue weighted by Gasteiger charge is -2.29. The molecule has 2 aromatic carbocycles. The maximum Gasteiger partial charge on any atom is 0.522 e. The summed E-state index contributed by atoms with van der Waals surface area (Å²) in [5.41, 5.74) is 2.55. The molecule has 1 aromatic heterocycles. The van der Waals surface area contributed by atoms with Crippen molar-refractivity contribution in [2.45, 2.75) is 49.1 Å². The zero-order valence-corrected chi connectivity index (χ0v) is 19.5. The third-order valence-electron chi connectivity index (χ3n) is 5.80. The Morgan fingerprint density at radius 3 is 2.49 bits per heavy atom. The molecule has 11 heteroatoms. The lowest BCUT2D eigenvalue weighted by molar-refractivity contribution is -0.345. The van der Waals surface area contributed by atoms with Gasteiger partial charge in [-0.3, -0.25) is 4.74 Å². The lowest BCUT2D eigenvalue weighted by Crippen LogP contribution is -2.27. The molecule has 0 aliphatic heterocycles. The van der Waals surface area contributed by atoms with Crippen LogP contribution in [0.2, 0.25) is 0 Å². The zero-order chi connectivity index (χ0) is 25.0. The van der Waals surface area contributed by atoms with Crippen LogP contribution >= 0.6 is 11.9 Å². The minimum Gasteiger partial charge on any atom is -0.495 e. The summed E-state index contributed by atoms with van der Waals surface area (Å²) in [6.45, 7) is 0. The minimum atomic E-state index is -4.58. The standard InChI is InChI=1S/C24H23F3N2O5S/c1-32-20-12-17(23(30)31)8-11-19(20)29-35-21-13-33-22(28-21)16-4-2-14(3-5-16)15-6-9-18(10-7-15)34-24(25,26)27/h2-5,8,11-13,15,18,29H,6-7,9-10H2,1H3,(H,30,31). The van der Waals surface area contributed by atoms with Gasteiger partial charge in [0.15, 0.2) is 5.03 Å². The molecule has 1 aliphatic carbocycles. The van der Waals surface area contributed by atoms with E-state index in [1.165, 1.54) is 37.5 Å². The number of nitrogens with one attached hydrogen (secondary N) is 1. The second-order valence-electron chi connectivity index (χ2n) is 8.07. The number of rotatable bonds is 8. The summed E-state index contributed by atoms with van der Waals surface area (Å²) in [5.74, 6) is -0.0376. The summed E-state index contributed by atoms with van der Waals surface area (Å²) in [6.07, 6.45) is -1.81. The van der Waals surface area contributed by atoms with Crippen molar-refractivity contribution in [1.29, 1.82) is 0 Å². The highest BCUT2D eigenvalue weighted by molar-refractivity contribution is 8.00. The van der Waals surface area contributed by atoms with Gasteiger partial charge < -0.3 is 19.0 Å². The van der Waals surface area contributed by atoms with Gasteiger partial charge in [-0.25, -0.2) is 9.78 Å². The van der Waals surface area contributed by atoms with Gasteiger partial charge in [0.1, 0.15) is 12.0 Å². The number of aromatic nitrogens is 1. The number of aromatic carboxylic acids is 1. The van der Waals surface area contributed by atoms with E-state index < -0.39 is 18.4 Å². The third-order valence-corrected chi connectivity index (χ3v) is 6.52. The highest BCUT2D eigenvalue weighted by Crippen LogP contribution is 2.37. The van der Waals surface area contributed by atoms with Crippen LogP contribution in [0.15, 0.2) is 58.2 Å². The summed E-state index contributed by atoms with van der Waals surface area (Å²) in [7, 11) is 1.46. The van der Waals surface area contributed by atoms with Gasteiger partial charge in [-0.2, -0.15) is 0 Å². The van der Waals surface area contributed by atoms with Crippen molar-refractivity contribution in [1.82, 2.24) is 4.98 Å². The van der Waals surface area contributed by atoms with Crippen molar-refractivity contribution < 1.29 is 37.0 Å². The molecule has 0 saturated heterocycles. The van der Waals surface area contributed by atoms with Crippen LogP contribution in [0.25, 0.3) is 11.5 Å². The van der Waals surface area contributed by atoms with Crippen LogP contribution in [-0.2, 0) is 4.74 Å². The van der Waals surface area contributed by atoms with Gasteiger partial charge in [-0.15, -0.1) is 13.2 Å². The molecular weight excluding hydrogens is 485 g/mol. The number of ether oxygens (including phenoxy) is 2. The van der Waals surface area contributed by atoms with E-state index in [0.717, 1.165) is 11.1 Å². The fourth-order valence-electron chi connectivity index (χ4n) is 4.06. The van der Waals surface area contributed by atoms with E-state index in [1.807, 2.05) is 24.3 Å². The molecule has 186 valence electrons. The molecule has 7 nitrogen and oxygen atoms in total. The Bertz CT molecular complexity index is 1160. The van der Waals surface area contributed by atoms with Gasteiger partial charge in [-0.05, 0) is 67.5 Å². The van der Waals surface area contributed by atoms with Crippen LogP contribution in [0.4, 0.5) is 18.9 Å². The van der Waals surface area contributed by atoms with Crippen molar-refractivity contribution in [2.24, 2.45) is 0 Å². The number of hydrogen-bond donors (Lipinski definition) is 2. The molecule has 0 amide bonds. The van der Waals surface area contributed by atoms with Gasteiger partial charge >= 0.3 is 12.3 Å². The molecule has 1 aliphatic rings. The second kappa shape index (κ2) is 10.6. The molecule has 35 heavy (non-hydrogen) atoms. The molecular formula is C24H23F3N2O5S. The number of hydrogen-bond acceptors (Lipinski definition) is 7. The highest BCUT2D eigenvalue weighted by atomic mass is 32.2. The molecule has 3 aromatic rings. The third kappa shape index (κ3) is 6.49. The van der Waals surface area contributed by atoms with Crippen molar-refractivity contribution in [3.05, 3.63) is 59.9 Å². The van der Waals surface area contributed by atoms with Crippen LogP contribution < -0.4 is 9.46 Å². The van der Waals surface area contributed by atoms with Gasteiger partial charge in [0, 0.05) is 17.5 Å².